The van der Waals surface area contributed by atoms with E-state index < -0.39 is 0 Å². The van der Waals surface area contributed by atoms with Crippen molar-refractivity contribution < 1.29 is 8.81 Å². The summed E-state index contributed by atoms with van der Waals surface area (Å²) in [5, 5.41) is 0. The topological polar surface area (TPSA) is 51.2 Å². The fourth-order valence-corrected chi connectivity index (χ4v) is 2.39. The molecule has 5 heteroatoms. The highest BCUT2D eigenvalue weighted by Gasteiger charge is 2.12. The SMILES string of the molecule is NNC(CCc1ccco1)Cc1cc(F)ccc1Br. The summed E-state index contributed by atoms with van der Waals surface area (Å²) >= 11 is 3.42. The molecule has 0 saturated carbocycles. The molecule has 2 rings (SSSR count). The molecule has 1 aromatic heterocycles. The quantitative estimate of drug-likeness (QED) is 0.633. The van der Waals surface area contributed by atoms with E-state index >= 15 is 0 Å². The van der Waals surface area contributed by atoms with Gasteiger partial charge in [0, 0.05) is 16.9 Å². The summed E-state index contributed by atoms with van der Waals surface area (Å²) < 4.78 is 19.4. The number of rotatable bonds is 6. The summed E-state index contributed by atoms with van der Waals surface area (Å²) in [5.74, 6) is 6.25. The normalized spacial score (nSPS) is 12.6. The number of nitrogens with two attached hydrogens (primary N) is 1. The molecule has 0 fully saturated rings. The van der Waals surface area contributed by atoms with Crippen LogP contribution in [0.25, 0.3) is 0 Å². The van der Waals surface area contributed by atoms with Crippen LogP contribution in [0.4, 0.5) is 4.39 Å². The second-order valence-corrected chi connectivity index (χ2v) is 5.28. The summed E-state index contributed by atoms with van der Waals surface area (Å²) in [6, 6.07) is 8.55. The smallest absolute Gasteiger partial charge is 0.123 e. The van der Waals surface area contributed by atoms with Crippen molar-refractivity contribution in [2.45, 2.75) is 25.3 Å². The van der Waals surface area contributed by atoms with E-state index in [0.717, 1.165) is 28.6 Å². The third-order valence-electron chi connectivity index (χ3n) is 3.03. The van der Waals surface area contributed by atoms with Gasteiger partial charge in [-0.1, -0.05) is 15.9 Å². The summed E-state index contributed by atoms with van der Waals surface area (Å²) in [7, 11) is 0. The Hall–Kier alpha value is -1.17. The number of aryl methyl sites for hydroxylation is 1. The third kappa shape index (κ3) is 4.16. The Bertz CT molecular complexity index is 516. The number of halogens is 2. The Morgan fingerprint density at radius 1 is 1.37 bits per heavy atom. The first-order valence-corrected chi connectivity index (χ1v) is 6.91. The Kier molecular flexibility index (Phi) is 5.13. The molecular formula is C14H16BrFN2O. The van der Waals surface area contributed by atoms with Gasteiger partial charge >= 0.3 is 0 Å². The minimum Gasteiger partial charge on any atom is -0.469 e. The summed E-state index contributed by atoms with van der Waals surface area (Å²) in [6.45, 7) is 0. The predicted molar refractivity (Wildman–Crippen MR) is 75.9 cm³/mol. The second kappa shape index (κ2) is 6.84. The molecule has 0 bridgehead atoms. The lowest BCUT2D eigenvalue weighted by Gasteiger charge is -2.16. The van der Waals surface area contributed by atoms with Gasteiger partial charge in [0.2, 0.25) is 0 Å². The molecule has 1 heterocycles. The van der Waals surface area contributed by atoms with E-state index in [1.807, 2.05) is 12.1 Å². The number of hydrogen-bond acceptors (Lipinski definition) is 3. The Balaban J connectivity index is 1.96. The van der Waals surface area contributed by atoms with Gasteiger partial charge in [-0.3, -0.25) is 11.3 Å². The monoisotopic (exact) mass is 326 g/mol. The molecule has 1 atom stereocenters. The standard InChI is InChI=1S/C14H16BrFN2O/c15-14-6-3-11(16)8-10(14)9-12(18-17)4-5-13-2-1-7-19-13/h1-3,6-8,12,18H,4-5,9,17H2. The molecule has 1 aromatic carbocycles. The molecule has 102 valence electrons. The number of benzene rings is 1. The Labute approximate surface area is 120 Å². The van der Waals surface area contributed by atoms with Gasteiger partial charge in [0.1, 0.15) is 11.6 Å². The van der Waals surface area contributed by atoms with E-state index in [9.17, 15) is 4.39 Å². The molecule has 0 aliphatic rings. The molecule has 0 aliphatic heterocycles. The van der Waals surface area contributed by atoms with Crippen molar-refractivity contribution in [2.24, 2.45) is 5.84 Å². The molecule has 19 heavy (non-hydrogen) atoms. The van der Waals surface area contributed by atoms with Gasteiger partial charge in [-0.25, -0.2) is 4.39 Å². The molecule has 0 saturated heterocycles. The maximum absolute atomic E-state index is 13.2. The minimum absolute atomic E-state index is 0.0724. The van der Waals surface area contributed by atoms with Gasteiger partial charge in [0.15, 0.2) is 0 Å². The first-order valence-electron chi connectivity index (χ1n) is 6.11. The summed E-state index contributed by atoms with van der Waals surface area (Å²) in [4.78, 5) is 0. The highest BCUT2D eigenvalue weighted by atomic mass is 79.9. The largest absolute Gasteiger partial charge is 0.469 e. The first-order chi connectivity index (χ1) is 9.19. The lowest BCUT2D eigenvalue weighted by molar-refractivity contribution is 0.447. The van der Waals surface area contributed by atoms with Crippen LogP contribution in [0.2, 0.25) is 0 Å². The molecule has 1 unspecified atom stereocenters. The van der Waals surface area contributed by atoms with Crippen molar-refractivity contribution in [2.75, 3.05) is 0 Å². The van der Waals surface area contributed by atoms with Gasteiger partial charge in [-0.05, 0) is 48.7 Å². The van der Waals surface area contributed by atoms with Gasteiger partial charge in [0.25, 0.3) is 0 Å². The van der Waals surface area contributed by atoms with Gasteiger partial charge in [-0.2, -0.15) is 0 Å². The van der Waals surface area contributed by atoms with Crippen molar-refractivity contribution in [3.8, 4) is 0 Å². The summed E-state index contributed by atoms with van der Waals surface area (Å²) in [6.07, 6.45) is 3.95. The van der Waals surface area contributed by atoms with Crippen LogP contribution in [-0.2, 0) is 12.8 Å². The van der Waals surface area contributed by atoms with Crippen LogP contribution >= 0.6 is 15.9 Å². The van der Waals surface area contributed by atoms with Crippen LogP contribution in [0.15, 0.2) is 45.5 Å². The van der Waals surface area contributed by atoms with Crippen molar-refractivity contribution in [3.63, 3.8) is 0 Å². The fraction of sp³-hybridized carbons (Fsp3) is 0.286. The lowest BCUT2D eigenvalue weighted by Crippen LogP contribution is -2.37. The fourth-order valence-electron chi connectivity index (χ4n) is 1.98. The van der Waals surface area contributed by atoms with Crippen LogP contribution in [0, 0.1) is 5.82 Å². The van der Waals surface area contributed by atoms with Crippen molar-refractivity contribution >= 4 is 15.9 Å². The zero-order valence-corrected chi connectivity index (χ0v) is 12.0. The Morgan fingerprint density at radius 2 is 2.21 bits per heavy atom. The van der Waals surface area contributed by atoms with E-state index in [-0.39, 0.29) is 11.9 Å². The molecule has 3 nitrogen and oxygen atoms in total. The number of hydrazine groups is 1. The highest BCUT2D eigenvalue weighted by molar-refractivity contribution is 9.10. The lowest BCUT2D eigenvalue weighted by atomic mass is 10.0. The van der Waals surface area contributed by atoms with Gasteiger partial charge in [0.05, 0.1) is 6.26 Å². The molecule has 0 spiro atoms. The third-order valence-corrected chi connectivity index (χ3v) is 3.80. The number of furan rings is 1. The molecule has 3 N–H and O–H groups in total. The van der Waals surface area contributed by atoms with Crippen LogP contribution in [0.5, 0.6) is 0 Å². The maximum Gasteiger partial charge on any atom is 0.123 e. The van der Waals surface area contributed by atoms with Crippen molar-refractivity contribution in [1.82, 2.24) is 5.43 Å². The second-order valence-electron chi connectivity index (χ2n) is 4.42. The van der Waals surface area contributed by atoms with Crippen LogP contribution < -0.4 is 11.3 Å². The van der Waals surface area contributed by atoms with Crippen molar-refractivity contribution in [1.29, 1.82) is 0 Å². The van der Waals surface area contributed by atoms with Gasteiger partial charge in [-0.15, -0.1) is 0 Å². The van der Waals surface area contributed by atoms with E-state index in [2.05, 4.69) is 21.4 Å². The van der Waals surface area contributed by atoms with Crippen molar-refractivity contribution in [3.05, 3.63) is 58.2 Å². The highest BCUT2D eigenvalue weighted by Crippen LogP contribution is 2.20. The molecule has 0 aliphatic carbocycles. The maximum atomic E-state index is 13.2. The van der Waals surface area contributed by atoms with E-state index in [0.29, 0.717) is 6.42 Å². The Morgan fingerprint density at radius 3 is 2.89 bits per heavy atom. The van der Waals surface area contributed by atoms with Crippen LogP contribution in [0.1, 0.15) is 17.7 Å². The van der Waals surface area contributed by atoms with E-state index in [4.69, 9.17) is 10.3 Å². The number of nitrogens with one attached hydrogen (secondary N) is 1. The zero-order chi connectivity index (χ0) is 13.7. The van der Waals surface area contributed by atoms with Crippen LogP contribution in [0.3, 0.4) is 0 Å². The molecule has 0 radical (unpaired) electrons. The van der Waals surface area contributed by atoms with Crippen LogP contribution in [-0.4, -0.2) is 6.04 Å². The molecule has 2 aromatic rings. The first kappa shape index (κ1) is 14.2. The average Bonchev–Trinajstić information content (AvgIpc) is 2.91. The average molecular weight is 327 g/mol. The zero-order valence-electron chi connectivity index (χ0n) is 10.4. The minimum atomic E-state index is -0.236. The van der Waals surface area contributed by atoms with Gasteiger partial charge < -0.3 is 4.42 Å². The molecule has 0 amide bonds. The predicted octanol–water partition coefficient (Wildman–Crippen LogP) is 3.19. The summed E-state index contributed by atoms with van der Waals surface area (Å²) in [5.41, 5.74) is 3.68. The van der Waals surface area contributed by atoms with E-state index in [1.165, 1.54) is 12.1 Å². The molecular weight excluding hydrogens is 311 g/mol. The van der Waals surface area contributed by atoms with E-state index in [1.54, 1.807) is 12.3 Å². The number of hydrogen-bond donors (Lipinski definition) is 2.